The van der Waals surface area contributed by atoms with Crippen molar-refractivity contribution < 1.29 is 0 Å². The number of aryl methyl sites for hydroxylation is 1. The minimum Gasteiger partial charge on any atom is -0.327 e. The van der Waals surface area contributed by atoms with Crippen molar-refractivity contribution in [2.75, 3.05) is 0 Å². The Balaban J connectivity index is 0.880. The molecule has 310 valence electrons. The van der Waals surface area contributed by atoms with E-state index in [0.29, 0.717) is 5.82 Å². The predicted octanol–water partition coefficient (Wildman–Crippen LogP) is 15.8. The van der Waals surface area contributed by atoms with Gasteiger partial charge >= 0.3 is 0 Å². The summed E-state index contributed by atoms with van der Waals surface area (Å²) in [6.07, 6.45) is 0. The van der Waals surface area contributed by atoms with Crippen LogP contribution in [0.25, 0.3) is 126 Å². The van der Waals surface area contributed by atoms with Gasteiger partial charge in [0.1, 0.15) is 5.82 Å². The molecule has 0 aliphatic carbocycles. The van der Waals surface area contributed by atoms with E-state index in [0.717, 1.165) is 67.3 Å². The van der Waals surface area contributed by atoms with Crippen molar-refractivity contribution in [2.45, 2.75) is 0 Å². The zero-order valence-corrected chi connectivity index (χ0v) is 36.7. The largest absolute Gasteiger partial charge is 0.327 e. The van der Waals surface area contributed by atoms with Gasteiger partial charge in [-0.15, -0.1) is 11.3 Å². The van der Waals surface area contributed by atoms with Crippen LogP contribution in [-0.2, 0) is 7.05 Å². The van der Waals surface area contributed by atoms with E-state index < -0.39 is 0 Å². The van der Waals surface area contributed by atoms with Crippen LogP contribution in [0.4, 0.5) is 0 Å². The molecule has 13 aromatic rings. The van der Waals surface area contributed by atoms with Crippen LogP contribution in [0.1, 0.15) is 0 Å². The first-order valence-electron chi connectivity index (χ1n) is 22.2. The Morgan fingerprint density at radius 2 is 0.864 bits per heavy atom. The fourth-order valence-corrected chi connectivity index (χ4v) is 10.7. The lowest BCUT2D eigenvalue weighted by Gasteiger charge is -2.12. The molecule has 5 nitrogen and oxygen atoms in total. The zero-order chi connectivity index (χ0) is 43.7. The van der Waals surface area contributed by atoms with E-state index in [9.17, 15) is 0 Å². The van der Waals surface area contributed by atoms with Gasteiger partial charge < -0.3 is 9.13 Å². The summed E-state index contributed by atoms with van der Waals surface area (Å²) in [5.41, 5.74) is 16.0. The molecule has 0 unspecified atom stereocenters. The van der Waals surface area contributed by atoms with Crippen LogP contribution in [0, 0.1) is 0 Å². The van der Waals surface area contributed by atoms with Crippen molar-refractivity contribution in [1.29, 1.82) is 0 Å². The quantitative estimate of drug-likeness (QED) is 0.160. The number of aromatic nitrogens is 5. The molecular formula is C60H39N5S. The van der Waals surface area contributed by atoms with Crippen LogP contribution < -0.4 is 0 Å². The van der Waals surface area contributed by atoms with E-state index in [4.69, 9.17) is 15.0 Å². The number of para-hydroxylation sites is 2. The van der Waals surface area contributed by atoms with Gasteiger partial charge in [0.25, 0.3) is 0 Å². The Morgan fingerprint density at radius 3 is 1.55 bits per heavy atom. The van der Waals surface area contributed by atoms with Crippen LogP contribution >= 0.6 is 11.3 Å². The molecule has 0 aliphatic rings. The Kier molecular flexibility index (Phi) is 8.86. The second-order valence-corrected chi connectivity index (χ2v) is 18.0. The molecule has 6 heteroatoms. The fraction of sp³-hybridized carbons (Fsp3) is 0.0167. The monoisotopic (exact) mass is 861 g/mol. The summed E-state index contributed by atoms with van der Waals surface area (Å²) in [7, 11) is 2.09. The normalized spacial score (nSPS) is 11.7. The molecule has 0 bridgehead atoms. The maximum Gasteiger partial charge on any atom is 0.160 e. The summed E-state index contributed by atoms with van der Waals surface area (Å²) in [6.45, 7) is 0. The minimum absolute atomic E-state index is 0.675. The molecule has 0 atom stereocenters. The van der Waals surface area contributed by atoms with Crippen molar-refractivity contribution in [3.8, 4) is 73.2 Å². The maximum absolute atomic E-state index is 5.26. The molecule has 0 amide bonds. The van der Waals surface area contributed by atoms with Crippen molar-refractivity contribution in [2.24, 2.45) is 7.05 Å². The van der Waals surface area contributed by atoms with E-state index in [2.05, 4.69) is 229 Å². The summed E-state index contributed by atoms with van der Waals surface area (Å²) in [5, 5.41) is 5.09. The van der Waals surface area contributed by atoms with Crippen LogP contribution in [0.2, 0.25) is 0 Å². The molecule has 4 heterocycles. The van der Waals surface area contributed by atoms with Gasteiger partial charge in [0.05, 0.1) is 33.5 Å². The highest BCUT2D eigenvalue weighted by Gasteiger charge is 2.16. The van der Waals surface area contributed by atoms with Crippen molar-refractivity contribution >= 4 is 64.3 Å². The lowest BCUT2D eigenvalue weighted by molar-refractivity contribution is 0.959. The lowest BCUT2D eigenvalue weighted by Crippen LogP contribution is -1.97. The molecule has 0 spiro atoms. The number of imidazole rings is 1. The second kappa shape index (κ2) is 15.4. The minimum atomic E-state index is 0.675. The summed E-state index contributed by atoms with van der Waals surface area (Å²) in [4.78, 5) is 15.5. The van der Waals surface area contributed by atoms with Crippen LogP contribution in [0.15, 0.2) is 218 Å². The van der Waals surface area contributed by atoms with E-state index in [1.54, 1.807) is 0 Å². The molecule has 13 rings (SSSR count). The topological polar surface area (TPSA) is 48.5 Å². The highest BCUT2D eigenvalue weighted by Crippen LogP contribution is 2.38. The van der Waals surface area contributed by atoms with Gasteiger partial charge in [-0.05, 0) is 82.9 Å². The second-order valence-electron chi connectivity index (χ2n) is 16.9. The first-order chi connectivity index (χ1) is 32.6. The average Bonchev–Trinajstić information content (AvgIpc) is 4.05. The maximum atomic E-state index is 5.26. The van der Waals surface area contributed by atoms with E-state index >= 15 is 0 Å². The van der Waals surface area contributed by atoms with Crippen molar-refractivity contribution in [1.82, 2.24) is 24.1 Å². The van der Waals surface area contributed by atoms with Gasteiger partial charge in [-0.3, -0.25) is 0 Å². The molecule has 0 fully saturated rings. The Hall–Kier alpha value is -8.45. The molecule has 0 saturated carbocycles. The van der Waals surface area contributed by atoms with Gasteiger partial charge in [-0.25, -0.2) is 15.0 Å². The molecule has 66 heavy (non-hydrogen) atoms. The zero-order valence-electron chi connectivity index (χ0n) is 35.9. The molecular weight excluding hydrogens is 823 g/mol. The average molecular weight is 862 g/mol. The SMILES string of the molecule is Cn1c(-c2ccccc2)nc2ccc(-c3ccc(-c4nc(-c5ccc(-c6ccc7sc8ccccc8c7c6)cc5)cc(-c5ccc(-n6c7ccccc7c7ccccc76)cc5)n4)cc3)cc21. The number of hydrogen-bond donors (Lipinski definition) is 0. The summed E-state index contributed by atoms with van der Waals surface area (Å²) >= 11 is 1.85. The van der Waals surface area contributed by atoms with Gasteiger partial charge in [0, 0.05) is 65.9 Å². The van der Waals surface area contributed by atoms with Gasteiger partial charge in [-0.1, -0.05) is 158 Å². The van der Waals surface area contributed by atoms with Crippen LogP contribution in [-0.4, -0.2) is 24.1 Å². The van der Waals surface area contributed by atoms with Gasteiger partial charge in [-0.2, -0.15) is 0 Å². The van der Waals surface area contributed by atoms with E-state index in [1.165, 1.54) is 53.1 Å². The third-order valence-electron chi connectivity index (χ3n) is 13.0. The molecule has 0 N–H and O–H groups in total. The Bertz CT molecular complexity index is 3920. The van der Waals surface area contributed by atoms with Crippen LogP contribution in [0.3, 0.4) is 0 Å². The molecule has 9 aromatic carbocycles. The van der Waals surface area contributed by atoms with Gasteiger partial charge in [0.2, 0.25) is 0 Å². The van der Waals surface area contributed by atoms with E-state index in [-0.39, 0.29) is 0 Å². The number of rotatable bonds is 7. The summed E-state index contributed by atoms with van der Waals surface area (Å²) < 4.78 is 7.15. The molecule has 0 saturated heterocycles. The number of fused-ring (bicyclic) bond motifs is 7. The standard InChI is InChI=1S/C60H39N5S/c1-64-56-36-45(29-33-51(56)63-60(64)43-11-3-2-4-12-43)39-21-25-42(26-22-39)59-61-52(40-23-19-38(20-24-40)44-30-34-58-50(35-44)49-15-7-10-18-57(49)66-58)37-53(62-59)41-27-31-46(32-28-41)65-54-16-8-5-13-47(54)48-14-6-9-17-55(48)65/h2-37H,1H3. The van der Waals surface area contributed by atoms with Crippen molar-refractivity contribution in [3.63, 3.8) is 0 Å². The molecule has 0 radical (unpaired) electrons. The van der Waals surface area contributed by atoms with Crippen molar-refractivity contribution in [3.05, 3.63) is 218 Å². The van der Waals surface area contributed by atoms with E-state index in [1.807, 2.05) is 17.4 Å². The number of benzene rings is 9. The highest BCUT2D eigenvalue weighted by molar-refractivity contribution is 7.25. The van der Waals surface area contributed by atoms with Crippen LogP contribution in [0.5, 0.6) is 0 Å². The highest BCUT2D eigenvalue weighted by atomic mass is 32.1. The number of thiophene rings is 1. The third kappa shape index (κ3) is 6.41. The summed E-state index contributed by atoms with van der Waals surface area (Å²) in [6, 6.07) is 77.9. The number of nitrogens with zero attached hydrogens (tertiary/aromatic N) is 5. The Morgan fingerprint density at radius 1 is 0.348 bits per heavy atom. The first kappa shape index (κ1) is 38.0. The first-order valence-corrected chi connectivity index (χ1v) is 23.0. The van der Waals surface area contributed by atoms with Gasteiger partial charge in [0.15, 0.2) is 5.82 Å². The Labute approximate surface area is 385 Å². The molecule has 4 aromatic heterocycles. The molecule has 0 aliphatic heterocycles. The smallest absolute Gasteiger partial charge is 0.160 e. The fourth-order valence-electron chi connectivity index (χ4n) is 9.62. The predicted molar refractivity (Wildman–Crippen MR) is 276 cm³/mol. The third-order valence-corrected chi connectivity index (χ3v) is 14.2. The lowest BCUT2D eigenvalue weighted by atomic mass is 10.00. The number of hydrogen-bond acceptors (Lipinski definition) is 4. The summed E-state index contributed by atoms with van der Waals surface area (Å²) in [5.74, 6) is 1.63.